The molecule has 1 N–H and O–H groups in total. The Morgan fingerprint density at radius 1 is 1.29 bits per heavy atom. The van der Waals surface area contributed by atoms with E-state index in [1.807, 2.05) is 0 Å². The fourth-order valence-electron chi connectivity index (χ4n) is 1.89. The van der Waals surface area contributed by atoms with E-state index < -0.39 is 4.92 Å². The van der Waals surface area contributed by atoms with Crippen LogP contribution in [0.25, 0.3) is 4.85 Å². The maximum atomic E-state index is 11.0. The van der Waals surface area contributed by atoms with Crippen molar-refractivity contribution in [2.24, 2.45) is 0 Å². The molecule has 0 atom stereocenters. The van der Waals surface area contributed by atoms with E-state index in [1.165, 1.54) is 18.2 Å². The van der Waals surface area contributed by atoms with E-state index in [-0.39, 0.29) is 17.2 Å². The summed E-state index contributed by atoms with van der Waals surface area (Å²) in [4.78, 5) is 24.4. The first kappa shape index (κ1) is 19.5. The van der Waals surface area contributed by atoms with E-state index >= 15 is 0 Å². The van der Waals surface area contributed by atoms with Crippen molar-refractivity contribution < 1.29 is 19.2 Å². The van der Waals surface area contributed by atoms with Gasteiger partial charge in [-0.2, -0.15) is 0 Å². The van der Waals surface area contributed by atoms with Crippen LogP contribution in [0.1, 0.15) is 19.8 Å². The van der Waals surface area contributed by atoms with Crippen LogP contribution in [0.4, 0.5) is 17.1 Å². The first-order valence-electron chi connectivity index (χ1n) is 7.59. The summed E-state index contributed by atoms with van der Waals surface area (Å²) in [5.74, 6) is 0.152. The summed E-state index contributed by atoms with van der Waals surface area (Å²) in [6, 6.07) is 4.28. The van der Waals surface area contributed by atoms with Crippen LogP contribution in [-0.2, 0) is 14.3 Å². The Morgan fingerprint density at radius 3 is 2.62 bits per heavy atom. The topological polar surface area (TPSA) is 95.1 Å². The van der Waals surface area contributed by atoms with Crippen LogP contribution in [0.3, 0.4) is 0 Å². The summed E-state index contributed by atoms with van der Waals surface area (Å²) in [5.41, 5.74) is 0.458. The molecule has 130 valence electrons. The molecule has 0 saturated heterocycles. The molecule has 0 fully saturated rings. The van der Waals surface area contributed by atoms with Crippen LogP contribution in [0.15, 0.2) is 18.2 Å². The summed E-state index contributed by atoms with van der Waals surface area (Å²) in [5, 5.41) is 13.9. The number of ketones is 1. The van der Waals surface area contributed by atoms with Gasteiger partial charge in [0.1, 0.15) is 11.5 Å². The molecule has 0 aliphatic rings. The van der Waals surface area contributed by atoms with E-state index in [2.05, 4.69) is 10.2 Å². The molecule has 0 radical (unpaired) electrons. The highest BCUT2D eigenvalue weighted by molar-refractivity contribution is 5.75. The van der Waals surface area contributed by atoms with Gasteiger partial charge >= 0.3 is 0 Å². The standard InChI is InChI=1S/C16H21N3O5/c1-13(20)4-3-8-23-10-11-24-9-7-18-15-6-5-14(17-2)12-16(15)19(21)22/h5-6,12,18H,3-4,7-11H2,1H3. The SMILES string of the molecule is [C-]#[N+]c1ccc(NCCOCCOCCCC(C)=O)c([N+](=O)[O-])c1. The normalized spacial score (nSPS) is 10.2. The summed E-state index contributed by atoms with van der Waals surface area (Å²) in [7, 11) is 0. The maximum absolute atomic E-state index is 11.0. The quantitative estimate of drug-likeness (QED) is 0.273. The lowest BCUT2D eigenvalue weighted by Crippen LogP contribution is -2.13. The largest absolute Gasteiger partial charge is 0.379 e. The molecule has 0 aromatic heterocycles. The number of ether oxygens (including phenoxy) is 2. The van der Waals surface area contributed by atoms with Gasteiger partial charge in [-0.1, -0.05) is 6.07 Å². The number of nitro benzene ring substituents is 1. The molecular formula is C16H21N3O5. The van der Waals surface area contributed by atoms with Gasteiger partial charge in [-0.05, 0) is 19.4 Å². The third-order valence-electron chi connectivity index (χ3n) is 3.06. The Hall–Kier alpha value is -2.50. The number of Topliss-reactive ketones (excluding diaryl/α,β-unsaturated/α-hetero) is 1. The number of hydrogen-bond donors (Lipinski definition) is 1. The number of carbonyl (C=O) groups is 1. The number of rotatable bonds is 12. The smallest absolute Gasteiger partial charge is 0.282 e. The zero-order valence-electron chi connectivity index (χ0n) is 13.6. The van der Waals surface area contributed by atoms with E-state index in [1.54, 1.807) is 6.92 Å². The van der Waals surface area contributed by atoms with Gasteiger partial charge in [-0.25, -0.2) is 4.85 Å². The van der Waals surface area contributed by atoms with Crippen molar-refractivity contribution in [3.63, 3.8) is 0 Å². The molecule has 0 aliphatic carbocycles. The fraction of sp³-hybridized carbons (Fsp3) is 0.500. The van der Waals surface area contributed by atoms with Crippen LogP contribution < -0.4 is 5.32 Å². The molecule has 8 nitrogen and oxygen atoms in total. The Kier molecular flexibility index (Phi) is 9.04. The molecular weight excluding hydrogens is 314 g/mol. The predicted octanol–water partition coefficient (Wildman–Crippen LogP) is 2.96. The maximum Gasteiger partial charge on any atom is 0.282 e. The van der Waals surface area contributed by atoms with Crippen LogP contribution in [0, 0.1) is 16.7 Å². The molecule has 8 heteroatoms. The molecule has 0 spiro atoms. The number of carbonyl (C=O) groups excluding carboxylic acids is 1. The summed E-state index contributed by atoms with van der Waals surface area (Å²) in [6.07, 6.45) is 1.23. The van der Waals surface area contributed by atoms with Crippen molar-refractivity contribution in [1.82, 2.24) is 0 Å². The first-order valence-corrected chi connectivity index (χ1v) is 7.59. The third-order valence-corrected chi connectivity index (χ3v) is 3.06. The number of benzene rings is 1. The highest BCUT2D eigenvalue weighted by atomic mass is 16.6. The lowest BCUT2D eigenvalue weighted by atomic mass is 10.2. The average molecular weight is 335 g/mol. The molecule has 0 bridgehead atoms. The van der Waals surface area contributed by atoms with Crippen LogP contribution in [0.2, 0.25) is 0 Å². The van der Waals surface area contributed by atoms with Gasteiger partial charge in [0.25, 0.3) is 5.69 Å². The van der Waals surface area contributed by atoms with Gasteiger partial charge in [0.2, 0.25) is 0 Å². The summed E-state index contributed by atoms with van der Waals surface area (Å²) < 4.78 is 10.7. The minimum atomic E-state index is -0.521. The van der Waals surface area contributed by atoms with Gasteiger partial charge < -0.3 is 19.6 Å². The number of hydrogen-bond acceptors (Lipinski definition) is 6. The van der Waals surface area contributed by atoms with Gasteiger partial charge in [0.15, 0.2) is 5.69 Å². The van der Waals surface area contributed by atoms with Crippen LogP contribution >= 0.6 is 0 Å². The predicted molar refractivity (Wildman–Crippen MR) is 89.4 cm³/mol. The van der Waals surface area contributed by atoms with Gasteiger partial charge in [0.05, 0.1) is 31.3 Å². The van der Waals surface area contributed by atoms with Crippen molar-refractivity contribution in [3.05, 3.63) is 39.7 Å². The Morgan fingerprint density at radius 2 is 2.00 bits per heavy atom. The van der Waals surface area contributed by atoms with Gasteiger partial charge in [0, 0.05) is 25.6 Å². The molecule has 0 heterocycles. The Labute approximate surface area is 140 Å². The molecule has 1 aromatic rings. The first-order chi connectivity index (χ1) is 11.5. The molecule has 0 unspecified atom stereocenters. The summed E-state index contributed by atoms with van der Waals surface area (Å²) >= 11 is 0. The van der Waals surface area contributed by atoms with Crippen LogP contribution in [-0.4, -0.2) is 43.7 Å². The molecule has 1 aromatic carbocycles. The van der Waals surface area contributed by atoms with Crippen molar-refractivity contribution in [3.8, 4) is 0 Å². The zero-order chi connectivity index (χ0) is 17.8. The molecule has 0 saturated carbocycles. The number of nitrogens with zero attached hydrogens (tertiary/aromatic N) is 2. The second kappa shape index (κ2) is 11.1. The highest BCUT2D eigenvalue weighted by Crippen LogP contribution is 2.28. The molecule has 1 rings (SSSR count). The summed E-state index contributed by atoms with van der Waals surface area (Å²) in [6.45, 7) is 10.6. The van der Waals surface area contributed by atoms with Crippen molar-refractivity contribution in [2.45, 2.75) is 19.8 Å². The van der Waals surface area contributed by atoms with Crippen molar-refractivity contribution in [2.75, 3.05) is 38.3 Å². The monoisotopic (exact) mass is 335 g/mol. The van der Waals surface area contributed by atoms with Gasteiger partial charge in [-0.3, -0.25) is 10.1 Å². The second-order valence-electron chi connectivity index (χ2n) is 5.03. The lowest BCUT2D eigenvalue weighted by molar-refractivity contribution is -0.383. The highest BCUT2D eigenvalue weighted by Gasteiger charge is 2.13. The van der Waals surface area contributed by atoms with E-state index in [0.29, 0.717) is 51.5 Å². The lowest BCUT2D eigenvalue weighted by Gasteiger charge is -2.08. The average Bonchev–Trinajstić information content (AvgIpc) is 2.56. The Balaban J connectivity index is 2.18. The molecule has 0 amide bonds. The number of nitro groups is 1. The van der Waals surface area contributed by atoms with E-state index in [0.717, 1.165) is 0 Å². The van der Waals surface area contributed by atoms with Crippen molar-refractivity contribution in [1.29, 1.82) is 0 Å². The molecule has 24 heavy (non-hydrogen) atoms. The number of nitrogens with one attached hydrogen (secondary N) is 1. The number of anilines is 1. The van der Waals surface area contributed by atoms with E-state index in [4.69, 9.17) is 16.0 Å². The zero-order valence-corrected chi connectivity index (χ0v) is 13.6. The minimum absolute atomic E-state index is 0.127. The molecule has 0 aliphatic heterocycles. The van der Waals surface area contributed by atoms with Crippen molar-refractivity contribution >= 4 is 22.8 Å². The fourth-order valence-corrected chi connectivity index (χ4v) is 1.89. The third kappa shape index (κ3) is 7.67. The van der Waals surface area contributed by atoms with Gasteiger partial charge in [-0.15, -0.1) is 0 Å². The van der Waals surface area contributed by atoms with E-state index in [9.17, 15) is 14.9 Å². The van der Waals surface area contributed by atoms with Crippen LogP contribution in [0.5, 0.6) is 0 Å². The Bertz CT molecular complexity index is 598. The second-order valence-corrected chi connectivity index (χ2v) is 5.03. The minimum Gasteiger partial charge on any atom is -0.379 e.